The van der Waals surface area contributed by atoms with E-state index in [2.05, 4.69) is 21.2 Å². The van der Waals surface area contributed by atoms with Crippen molar-refractivity contribution in [2.24, 2.45) is 5.92 Å². The fraction of sp³-hybridized carbons (Fsp3) is 0.875. The second kappa shape index (κ2) is 3.75. The van der Waals surface area contributed by atoms with Crippen LogP contribution in [0.2, 0.25) is 0 Å². The maximum atomic E-state index is 10.9. The number of nitrogens with one attached hydrogen (secondary N) is 1. The van der Waals surface area contributed by atoms with Gasteiger partial charge in [-0.05, 0) is 38.8 Å². The Morgan fingerprint density at radius 1 is 1.58 bits per heavy atom. The molecule has 0 saturated carbocycles. The van der Waals surface area contributed by atoms with Crippen molar-refractivity contribution in [1.29, 1.82) is 0 Å². The molecular weight excluding hydrogens is 222 g/mol. The zero-order chi connectivity index (χ0) is 9.19. The van der Waals surface area contributed by atoms with Crippen LogP contribution in [-0.2, 0) is 4.79 Å². The van der Waals surface area contributed by atoms with Crippen molar-refractivity contribution in [2.75, 3.05) is 13.1 Å². The van der Waals surface area contributed by atoms with Crippen molar-refractivity contribution in [2.45, 2.75) is 24.1 Å². The Hall–Kier alpha value is -0.0900. The van der Waals surface area contributed by atoms with E-state index in [1.807, 2.05) is 0 Å². The van der Waals surface area contributed by atoms with E-state index in [1.54, 1.807) is 6.92 Å². The first-order chi connectivity index (χ1) is 5.55. The van der Waals surface area contributed by atoms with E-state index >= 15 is 0 Å². The predicted octanol–water partition coefficient (Wildman–Crippen LogP) is 1.22. The molecule has 4 heteroatoms. The highest BCUT2D eigenvalue weighted by Crippen LogP contribution is 2.33. The van der Waals surface area contributed by atoms with Gasteiger partial charge in [-0.1, -0.05) is 15.9 Å². The molecule has 0 aliphatic carbocycles. The fourth-order valence-electron chi connectivity index (χ4n) is 1.54. The summed E-state index contributed by atoms with van der Waals surface area (Å²) in [4.78, 5) is 10.9. The van der Waals surface area contributed by atoms with E-state index in [4.69, 9.17) is 5.11 Å². The van der Waals surface area contributed by atoms with E-state index in [1.165, 1.54) is 0 Å². The summed E-state index contributed by atoms with van der Waals surface area (Å²) in [6.45, 7) is 3.60. The van der Waals surface area contributed by atoms with Crippen molar-refractivity contribution in [3.63, 3.8) is 0 Å². The minimum atomic E-state index is -0.755. The van der Waals surface area contributed by atoms with Crippen molar-refractivity contribution in [1.82, 2.24) is 5.32 Å². The van der Waals surface area contributed by atoms with Gasteiger partial charge in [0.2, 0.25) is 0 Å². The fourth-order valence-corrected chi connectivity index (χ4v) is 2.00. The molecule has 3 nitrogen and oxygen atoms in total. The number of aliphatic carboxylic acids is 1. The van der Waals surface area contributed by atoms with Crippen LogP contribution in [-0.4, -0.2) is 28.5 Å². The molecule has 1 aliphatic rings. The highest BCUT2D eigenvalue weighted by atomic mass is 79.9. The van der Waals surface area contributed by atoms with Crippen LogP contribution in [0, 0.1) is 5.92 Å². The van der Waals surface area contributed by atoms with Gasteiger partial charge in [-0.3, -0.25) is 4.79 Å². The molecule has 1 heterocycles. The van der Waals surface area contributed by atoms with Gasteiger partial charge in [0.25, 0.3) is 0 Å². The zero-order valence-electron chi connectivity index (χ0n) is 7.14. The second-order valence-corrected chi connectivity index (χ2v) is 5.05. The molecule has 1 saturated heterocycles. The summed E-state index contributed by atoms with van der Waals surface area (Å²) in [6, 6.07) is 0. The number of alkyl halides is 1. The third kappa shape index (κ3) is 1.98. The molecule has 0 aromatic carbocycles. The van der Waals surface area contributed by atoms with Gasteiger partial charge in [-0.2, -0.15) is 0 Å². The molecule has 0 amide bonds. The number of halogens is 1. The summed E-state index contributed by atoms with van der Waals surface area (Å²) in [5, 5.41) is 12.1. The minimum absolute atomic E-state index is 0.247. The largest absolute Gasteiger partial charge is 0.480 e. The lowest BCUT2D eigenvalue weighted by Gasteiger charge is -2.32. The van der Waals surface area contributed by atoms with E-state index < -0.39 is 10.3 Å². The number of carboxylic acid groups (broad SMARTS) is 1. The Labute approximate surface area is 80.7 Å². The van der Waals surface area contributed by atoms with Crippen LogP contribution in [0.15, 0.2) is 0 Å². The average molecular weight is 236 g/mol. The van der Waals surface area contributed by atoms with Gasteiger partial charge in [0, 0.05) is 0 Å². The van der Waals surface area contributed by atoms with E-state index in [0.717, 1.165) is 25.9 Å². The lowest BCUT2D eigenvalue weighted by molar-refractivity contribution is -0.140. The van der Waals surface area contributed by atoms with Crippen LogP contribution in [0.5, 0.6) is 0 Å². The Balaban J connectivity index is 2.59. The summed E-state index contributed by atoms with van der Waals surface area (Å²) in [6.07, 6.45) is 1.88. The standard InChI is InChI=1S/C8H14BrNO2/c1-8(9,7(11)12)6-2-4-10-5-3-6/h6,10H,2-5H2,1H3,(H,11,12). The van der Waals surface area contributed by atoms with E-state index in [0.29, 0.717) is 0 Å². The van der Waals surface area contributed by atoms with E-state index in [9.17, 15) is 4.79 Å². The molecular formula is C8H14BrNO2. The molecule has 0 aromatic rings. The monoisotopic (exact) mass is 235 g/mol. The third-order valence-corrected chi connectivity index (χ3v) is 3.51. The number of piperidine rings is 1. The van der Waals surface area contributed by atoms with Crippen molar-refractivity contribution in [3.05, 3.63) is 0 Å². The first kappa shape index (κ1) is 9.99. The summed E-state index contributed by atoms with van der Waals surface area (Å²) in [7, 11) is 0. The molecule has 2 N–H and O–H groups in total. The van der Waals surface area contributed by atoms with Gasteiger partial charge < -0.3 is 10.4 Å². The number of rotatable bonds is 2. The quantitative estimate of drug-likeness (QED) is 0.709. The van der Waals surface area contributed by atoms with Gasteiger partial charge in [-0.15, -0.1) is 0 Å². The number of hydrogen-bond acceptors (Lipinski definition) is 2. The Morgan fingerprint density at radius 2 is 2.08 bits per heavy atom. The van der Waals surface area contributed by atoms with Crippen molar-refractivity contribution in [3.8, 4) is 0 Å². The van der Waals surface area contributed by atoms with Crippen molar-refractivity contribution < 1.29 is 9.90 Å². The van der Waals surface area contributed by atoms with E-state index in [-0.39, 0.29) is 5.92 Å². The summed E-state index contributed by atoms with van der Waals surface area (Å²) < 4.78 is -0.741. The van der Waals surface area contributed by atoms with Gasteiger partial charge >= 0.3 is 5.97 Å². The zero-order valence-corrected chi connectivity index (χ0v) is 8.73. The van der Waals surface area contributed by atoms with Crippen LogP contribution in [0.4, 0.5) is 0 Å². The van der Waals surface area contributed by atoms with Crippen LogP contribution in [0.1, 0.15) is 19.8 Å². The smallest absolute Gasteiger partial charge is 0.320 e. The summed E-state index contributed by atoms with van der Waals surface area (Å²) >= 11 is 3.28. The molecule has 1 fully saturated rings. The highest BCUT2D eigenvalue weighted by Gasteiger charge is 2.39. The molecule has 1 aliphatic heterocycles. The molecule has 0 aromatic heterocycles. The number of carbonyl (C=O) groups is 1. The molecule has 1 unspecified atom stereocenters. The molecule has 12 heavy (non-hydrogen) atoms. The lowest BCUT2D eigenvalue weighted by Crippen LogP contribution is -2.42. The SMILES string of the molecule is CC(Br)(C(=O)O)C1CCNCC1. The topological polar surface area (TPSA) is 49.3 Å². The molecule has 1 rings (SSSR count). The summed E-state index contributed by atoms with van der Waals surface area (Å²) in [5.74, 6) is -0.509. The Kier molecular flexibility index (Phi) is 3.12. The maximum absolute atomic E-state index is 10.9. The predicted molar refractivity (Wildman–Crippen MR) is 50.6 cm³/mol. The lowest BCUT2D eigenvalue weighted by atomic mass is 9.86. The van der Waals surface area contributed by atoms with Crippen LogP contribution >= 0.6 is 15.9 Å². The molecule has 0 spiro atoms. The van der Waals surface area contributed by atoms with Crippen molar-refractivity contribution >= 4 is 21.9 Å². The molecule has 0 radical (unpaired) electrons. The first-order valence-electron chi connectivity index (χ1n) is 4.18. The number of hydrogen-bond donors (Lipinski definition) is 2. The van der Waals surface area contributed by atoms with Gasteiger partial charge in [0.15, 0.2) is 0 Å². The highest BCUT2D eigenvalue weighted by molar-refractivity contribution is 9.10. The second-order valence-electron chi connectivity index (χ2n) is 3.41. The van der Waals surface area contributed by atoms with Crippen LogP contribution < -0.4 is 5.32 Å². The first-order valence-corrected chi connectivity index (χ1v) is 4.97. The number of carboxylic acids is 1. The van der Waals surface area contributed by atoms with Gasteiger partial charge in [-0.25, -0.2) is 0 Å². The molecule has 0 bridgehead atoms. The molecule has 1 atom stereocenters. The van der Waals surface area contributed by atoms with Gasteiger partial charge in [0.1, 0.15) is 4.32 Å². The Bertz CT molecular complexity index is 176. The third-order valence-electron chi connectivity index (χ3n) is 2.52. The summed E-state index contributed by atoms with van der Waals surface area (Å²) in [5.41, 5.74) is 0. The maximum Gasteiger partial charge on any atom is 0.320 e. The normalized spacial score (nSPS) is 24.8. The van der Waals surface area contributed by atoms with Crippen LogP contribution in [0.25, 0.3) is 0 Å². The Morgan fingerprint density at radius 3 is 2.50 bits per heavy atom. The van der Waals surface area contributed by atoms with Crippen LogP contribution in [0.3, 0.4) is 0 Å². The average Bonchev–Trinajstić information content (AvgIpc) is 2.06. The minimum Gasteiger partial charge on any atom is -0.480 e. The molecule has 70 valence electrons. The van der Waals surface area contributed by atoms with Gasteiger partial charge in [0.05, 0.1) is 0 Å².